The standard InChI is InChI=1S/C22H22F3N/c1-16(20-13-5-10-18-9-2-3-12-21(18)20)26-14-6-8-17-7-4-11-19(15-17)22(23,24)25/h2-5,7,9-13,15-16,26H,6,8,14H2,1H3/t16-/m1/s1/i4D,7D,11D,15D,16D. The molecule has 0 saturated heterocycles. The Morgan fingerprint density at radius 3 is 2.69 bits per heavy atom. The number of hydrogen-bond donors (Lipinski definition) is 1. The monoisotopic (exact) mass is 362 g/mol. The minimum absolute atomic E-state index is 0.0362. The van der Waals surface area contributed by atoms with Crippen LogP contribution in [0.5, 0.6) is 0 Å². The van der Waals surface area contributed by atoms with Crippen molar-refractivity contribution >= 4 is 10.8 Å². The van der Waals surface area contributed by atoms with E-state index in [0.29, 0.717) is 0 Å². The van der Waals surface area contributed by atoms with Gasteiger partial charge in [-0.15, -0.1) is 0 Å². The van der Waals surface area contributed by atoms with E-state index in [4.69, 9.17) is 6.85 Å². The van der Waals surface area contributed by atoms with Crippen molar-refractivity contribution in [3.05, 3.63) is 83.3 Å². The van der Waals surface area contributed by atoms with Crippen LogP contribution in [0.25, 0.3) is 10.8 Å². The molecule has 26 heavy (non-hydrogen) atoms. The van der Waals surface area contributed by atoms with Gasteiger partial charge < -0.3 is 5.32 Å². The SMILES string of the molecule is [2H]c1c([2H])c(CCCN[C@]([2H])(C)c2cccc3ccccc23)c([2H])c(C(F)(F)F)c1[2H]. The van der Waals surface area contributed by atoms with Crippen LogP contribution in [-0.4, -0.2) is 6.54 Å². The van der Waals surface area contributed by atoms with Crippen molar-refractivity contribution in [3.63, 3.8) is 0 Å². The topological polar surface area (TPSA) is 12.0 Å². The first-order valence-electron chi connectivity index (χ1n) is 10.8. The molecule has 3 aromatic rings. The first-order valence-corrected chi connectivity index (χ1v) is 8.35. The predicted molar refractivity (Wildman–Crippen MR) is 100 cm³/mol. The van der Waals surface area contributed by atoms with Crippen molar-refractivity contribution in [2.24, 2.45) is 0 Å². The van der Waals surface area contributed by atoms with Crippen molar-refractivity contribution in [2.75, 3.05) is 6.54 Å². The van der Waals surface area contributed by atoms with Crippen LogP contribution in [0.4, 0.5) is 13.2 Å². The first kappa shape index (κ1) is 12.9. The minimum atomic E-state index is -4.93. The lowest BCUT2D eigenvalue weighted by Crippen LogP contribution is -2.20. The van der Waals surface area contributed by atoms with E-state index in [1.165, 1.54) is 0 Å². The van der Waals surface area contributed by atoms with Crippen LogP contribution in [0.2, 0.25) is 0 Å². The number of rotatable bonds is 6. The summed E-state index contributed by atoms with van der Waals surface area (Å²) in [4.78, 5) is 0. The molecule has 4 heteroatoms. The van der Waals surface area contributed by atoms with Crippen molar-refractivity contribution < 1.29 is 20.0 Å². The van der Waals surface area contributed by atoms with Gasteiger partial charge in [0.1, 0.15) is 0 Å². The van der Waals surface area contributed by atoms with Crippen LogP contribution in [0.3, 0.4) is 0 Å². The lowest BCUT2D eigenvalue weighted by molar-refractivity contribution is -0.137. The molecule has 136 valence electrons. The summed E-state index contributed by atoms with van der Waals surface area (Å²) in [7, 11) is 0. The van der Waals surface area contributed by atoms with Gasteiger partial charge in [0.2, 0.25) is 0 Å². The molecule has 0 saturated carbocycles. The molecule has 0 aromatic heterocycles. The number of alkyl halides is 3. The molecule has 0 aliphatic heterocycles. The largest absolute Gasteiger partial charge is 0.416 e. The summed E-state index contributed by atoms with van der Waals surface area (Å²) >= 11 is 0. The predicted octanol–water partition coefficient (Wildman–Crippen LogP) is 6.14. The Kier molecular flexibility index (Phi) is 3.94. The fourth-order valence-electron chi connectivity index (χ4n) is 2.84. The maximum atomic E-state index is 13.2. The first-order chi connectivity index (χ1) is 14.4. The van der Waals surface area contributed by atoms with E-state index < -0.39 is 41.9 Å². The van der Waals surface area contributed by atoms with Gasteiger partial charge in [0.15, 0.2) is 0 Å². The van der Waals surface area contributed by atoms with E-state index in [1.807, 2.05) is 42.5 Å². The maximum absolute atomic E-state index is 13.2. The second-order valence-electron chi connectivity index (χ2n) is 6.03. The van der Waals surface area contributed by atoms with Crippen LogP contribution in [0, 0.1) is 0 Å². The Morgan fingerprint density at radius 1 is 1.12 bits per heavy atom. The zero-order valence-corrected chi connectivity index (χ0v) is 14.3. The molecule has 0 aliphatic carbocycles. The van der Waals surface area contributed by atoms with E-state index in [1.54, 1.807) is 6.92 Å². The van der Waals surface area contributed by atoms with Gasteiger partial charge in [0.05, 0.1) is 12.4 Å². The summed E-state index contributed by atoms with van der Waals surface area (Å²) < 4.78 is 79.4. The van der Waals surface area contributed by atoms with Gasteiger partial charge in [0, 0.05) is 6.02 Å². The second kappa shape index (κ2) is 7.92. The summed E-state index contributed by atoms with van der Waals surface area (Å²) in [6.07, 6.45) is -4.70. The van der Waals surface area contributed by atoms with Crippen molar-refractivity contribution in [3.8, 4) is 0 Å². The summed E-state index contributed by atoms with van der Waals surface area (Å²) in [5.74, 6) is 0. The number of fused-ring (bicyclic) bond motifs is 1. The molecule has 0 heterocycles. The second-order valence-corrected chi connectivity index (χ2v) is 6.03. The van der Waals surface area contributed by atoms with E-state index in [0.717, 1.165) is 16.3 Å². The average molecular weight is 362 g/mol. The molecule has 3 aromatic carbocycles. The Bertz CT molecular complexity index is 1110. The zero-order chi connectivity index (χ0) is 23.0. The molecule has 3 rings (SSSR count). The lowest BCUT2D eigenvalue weighted by atomic mass is 9.99. The fourth-order valence-corrected chi connectivity index (χ4v) is 2.84. The molecule has 1 N–H and O–H groups in total. The molecule has 1 atom stereocenters. The van der Waals surface area contributed by atoms with Crippen LogP contribution in [-0.2, 0) is 12.6 Å². The third kappa shape index (κ3) is 4.44. The van der Waals surface area contributed by atoms with Gasteiger partial charge in [0.25, 0.3) is 0 Å². The highest BCUT2D eigenvalue weighted by Gasteiger charge is 2.30. The van der Waals surface area contributed by atoms with E-state index in [2.05, 4.69) is 5.32 Å². The van der Waals surface area contributed by atoms with E-state index in [9.17, 15) is 13.2 Å². The van der Waals surface area contributed by atoms with E-state index in [-0.39, 0.29) is 24.9 Å². The highest BCUT2D eigenvalue weighted by atomic mass is 19.4. The van der Waals surface area contributed by atoms with Gasteiger partial charge in [-0.25, -0.2) is 0 Å². The molecule has 0 radical (unpaired) electrons. The number of halogens is 3. The van der Waals surface area contributed by atoms with Crippen LogP contribution in [0.1, 0.15) is 42.9 Å². The van der Waals surface area contributed by atoms with Crippen molar-refractivity contribution in [2.45, 2.75) is 32.0 Å². The quantitative estimate of drug-likeness (QED) is 0.519. The van der Waals surface area contributed by atoms with Gasteiger partial charge in [-0.05, 0) is 54.3 Å². The molecule has 0 amide bonds. The molecular formula is C22H22F3N. The molecular weight excluding hydrogens is 335 g/mol. The van der Waals surface area contributed by atoms with Crippen LogP contribution < -0.4 is 5.32 Å². The molecule has 0 fully saturated rings. The van der Waals surface area contributed by atoms with E-state index >= 15 is 0 Å². The minimum Gasteiger partial charge on any atom is -0.310 e. The zero-order valence-electron chi connectivity index (χ0n) is 19.3. The molecule has 0 aliphatic rings. The number of nitrogens with one attached hydrogen (secondary N) is 1. The Balaban J connectivity index is 1.77. The summed E-state index contributed by atoms with van der Waals surface area (Å²) in [5, 5.41) is 5.01. The molecule has 1 nitrogen and oxygen atoms in total. The molecule has 0 spiro atoms. The van der Waals surface area contributed by atoms with Crippen molar-refractivity contribution in [1.82, 2.24) is 5.32 Å². The maximum Gasteiger partial charge on any atom is 0.416 e. The smallest absolute Gasteiger partial charge is 0.310 e. The summed E-state index contributed by atoms with van der Waals surface area (Å²) in [6.45, 7) is 1.96. The molecule has 0 bridgehead atoms. The van der Waals surface area contributed by atoms with Crippen molar-refractivity contribution in [1.29, 1.82) is 0 Å². The number of hydrogen-bond acceptors (Lipinski definition) is 1. The van der Waals surface area contributed by atoms with Gasteiger partial charge in [-0.3, -0.25) is 0 Å². The third-order valence-electron chi connectivity index (χ3n) is 4.15. The summed E-state index contributed by atoms with van der Waals surface area (Å²) in [6, 6.07) is 8.78. The van der Waals surface area contributed by atoms with Gasteiger partial charge in [-0.2, -0.15) is 13.2 Å². The normalized spacial score (nSPS) is 17.0. The van der Waals surface area contributed by atoms with Crippen LogP contribution in [0.15, 0.2) is 66.6 Å². The highest BCUT2D eigenvalue weighted by Crippen LogP contribution is 2.29. The average Bonchev–Trinajstić information content (AvgIpc) is 2.70. The Hall–Kier alpha value is -2.33. The highest BCUT2D eigenvalue weighted by molar-refractivity contribution is 5.86. The van der Waals surface area contributed by atoms with Gasteiger partial charge >= 0.3 is 6.18 Å². The Labute approximate surface area is 158 Å². The molecule has 0 unspecified atom stereocenters. The van der Waals surface area contributed by atoms with Crippen LogP contribution >= 0.6 is 0 Å². The lowest BCUT2D eigenvalue weighted by Gasteiger charge is -2.17. The fraction of sp³-hybridized carbons (Fsp3) is 0.273. The Morgan fingerprint density at radius 2 is 1.88 bits per heavy atom. The third-order valence-corrected chi connectivity index (χ3v) is 4.15. The number of benzene rings is 3. The van der Waals surface area contributed by atoms with Gasteiger partial charge in [-0.1, -0.05) is 60.6 Å². The summed E-state index contributed by atoms with van der Waals surface area (Å²) in [5.41, 5.74) is -0.913.